The quantitative estimate of drug-likeness (QED) is 0.394. The summed E-state index contributed by atoms with van der Waals surface area (Å²) in [6.45, 7) is 12.7. The Morgan fingerprint density at radius 3 is 2.33 bits per heavy atom. The van der Waals surface area contributed by atoms with Crippen molar-refractivity contribution in [3.63, 3.8) is 0 Å². The average molecular weight is 463 g/mol. The van der Waals surface area contributed by atoms with Gasteiger partial charge in [-0.1, -0.05) is 53.9 Å². The van der Waals surface area contributed by atoms with Crippen LogP contribution in [0, 0.1) is 52.3 Å². The third kappa shape index (κ3) is 5.08. The summed E-state index contributed by atoms with van der Waals surface area (Å²) in [5.74, 6) is 6.28. The zero-order valence-electron chi connectivity index (χ0n) is 22.4. The molecule has 33 heavy (non-hydrogen) atoms. The van der Waals surface area contributed by atoms with Crippen molar-refractivity contribution in [1.82, 2.24) is 0 Å². The lowest BCUT2D eigenvalue weighted by Gasteiger charge is -2.61. The summed E-state index contributed by atoms with van der Waals surface area (Å²) >= 11 is 0. The Morgan fingerprint density at radius 1 is 0.879 bits per heavy atom. The SMILES string of the molecule is CC(C)CCC[C@@H](C)[C@H]1CC[C@H]2[C@@H]3CC[C@@H]4C[C@@H](OCC(O)CO)CC[C@]4(C)[C@H]3CC[C@]12C. The molecule has 4 aliphatic carbocycles. The van der Waals surface area contributed by atoms with E-state index in [0.29, 0.717) is 10.8 Å². The molecule has 0 aromatic rings. The van der Waals surface area contributed by atoms with Gasteiger partial charge in [0.05, 0.1) is 19.3 Å². The van der Waals surface area contributed by atoms with Crippen molar-refractivity contribution in [3.05, 3.63) is 0 Å². The first kappa shape index (κ1) is 26.0. The van der Waals surface area contributed by atoms with Gasteiger partial charge in [0, 0.05) is 0 Å². The Hall–Kier alpha value is -0.120. The van der Waals surface area contributed by atoms with E-state index in [9.17, 15) is 5.11 Å². The molecule has 4 fully saturated rings. The Balaban J connectivity index is 1.38. The van der Waals surface area contributed by atoms with Crippen LogP contribution in [0.4, 0.5) is 0 Å². The van der Waals surface area contributed by atoms with Crippen LogP contribution in [0.3, 0.4) is 0 Å². The maximum absolute atomic E-state index is 9.69. The van der Waals surface area contributed by atoms with Gasteiger partial charge in [-0.25, -0.2) is 0 Å². The van der Waals surface area contributed by atoms with Gasteiger partial charge >= 0.3 is 0 Å². The lowest BCUT2D eigenvalue weighted by atomic mass is 9.44. The van der Waals surface area contributed by atoms with E-state index in [1.54, 1.807) is 0 Å². The fraction of sp³-hybridized carbons (Fsp3) is 1.00. The first-order valence-corrected chi connectivity index (χ1v) is 14.6. The highest BCUT2D eigenvalue weighted by atomic mass is 16.5. The van der Waals surface area contributed by atoms with Crippen LogP contribution in [0.2, 0.25) is 0 Å². The predicted octanol–water partition coefficient (Wildman–Crippen LogP) is 6.85. The molecule has 0 radical (unpaired) electrons. The third-order valence-corrected chi connectivity index (χ3v) is 11.6. The minimum atomic E-state index is -0.729. The molecule has 0 bridgehead atoms. The average Bonchev–Trinajstić information content (AvgIpc) is 3.14. The maximum Gasteiger partial charge on any atom is 0.100 e. The predicted molar refractivity (Wildman–Crippen MR) is 136 cm³/mol. The van der Waals surface area contributed by atoms with Gasteiger partial charge in [-0.3, -0.25) is 0 Å². The summed E-state index contributed by atoms with van der Waals surface area (Å²) < 4.78 is 6.03. The van der Waals surface area contributed by atoms with E-state index in [1.165, 1.54) is 64.2 Å². The molecule has 0 saturated heterocycles. The number of hydrogen-bond donors (Lipinski definition) is 2. The second-order valence-electron chi connectivity index (χ2n) is 13.8. The third-order valence-electron chi connectivity index (χ3n) is 11.6. The second-order valence-corrected chi connectivity index (χ2v) is 13.8. The molecule has 10 atom stereocenters. The van der Waals surface area contributed by atoms with Gasteiger partial charge in [-0.2, -0.15) is 0 Å². The van der Waals surface area contributed by atoms with Crippen molar-refractivity contribution in [2.75, 3.05) is 13.2 Å². The Bertz CT molecular complexity index is 634. The molecule has 192 valence electrons. The number of fused-ring (bicyclic) bond motifs is 5. The van der Waals surface area contributed by atoms with Gasteiger partial charge < -0.3 is 14.9 Å². The molecule has 0 heterocycles. The highest BCUT2D eigenvalue weighted by molar-refractivity contribution is 5.09. The number of ether oxygens (including phenoxy) is 1. The highest BCUT2D eigenvalue weighted by Crippen LogP contribution is 2.68. The molecule has 3 heteroatoms. The molecule has 0 aromatic heterocycles. The van der Waals surface area contributed by atoms with Gasteiger partial charge in [0.2, 0.25) is 0 Å². The normalized spacial score (nSPS) is 44.7. The fourth-order valence-electron chi connectivity index (χ4n) is 9.69. The van der Waals surface area contributed by atoms with Crippen LogP contribution in [0.5, 0.6) is 0 Å². The Morgan fingerprint density at radius 2 is 1.61 bits per heavy atom. The van der Waals surface area contributed by atoms with Gasteiger partial charge in [0.1, 0.15) is 6.10 Å². The molecule has 0 spiro atoms. The van der Waals surface area contributed by atoms with E-state index in [2.05, 4.69) is 34.6 Å². The molecule has 3 nitrogen and oxygen atoms in total. The summed E-state index contributed by atoms with van der Waals surface area (Å²) in [7, 11) is 0. The van der Waals surface area contributed by atoms with Crippen LogP contribution in [0.15, 0.2) is 0 Å². The van der Waals surface area contributed by atoms with Crippen LogP contribution in [-0.4, -0.2) is 35.6 Å². The summed E-state index contributed by atoms with van der Waals surface area (Å²) in [4.78, 5) is 0. The van der Waals surface area contributed by atoms with E-state index in [-0.39, 0.29) is 19.3 Å². The monoisotopic (exact) mass is 462 g/mol. The topological polar surface area (TPSA) is 49.7 Å². The number of aliphatic hydroxyl groups excluding tert-OH is 2. The smallest absolute Gasteiger partial charge is 0.100 e. The molecular formula is C30H54O3. The van der Waals surface area contributed by atoms with Gasteiger partial charge in [-0.05, 0) is 110 Å². The number of hydrogen-bond acceptors (Lipinski definition) is 3. The first-order chi connectivity index (χ1) is 15.7. The van der Waals surface area contributed by atoms with Crippen molar-refractivity contribution < 1.29 is 14.9 Å². The molecule has 4 rings (SSSR count). The molecular weight excluding hydrogens is 408 g/mol. The standard InChI is InChI=1S/C30H54O3/c1-20(2)7-6-8-21(3)26-11-12-27-25-10-9-22-17-24(33-19-23(32)18-31)13-15-29(22,4)28(25)14-16-30(26,27)5/h20-28,31-32H,6-19H2,1-5H3/t21-,22-,23?,24+,25+,26-,27+,28+,29+,30-/m1/s1. The van der Waals surface area contributed by atoms with Gasteiger partial charge in [0.15, 0.2) is 0 Å². The van der Waals surface area contributed by atoms with Crippen molar-refractivity contribution >= 4 is 0 Å². The largest absolute Gasteiger partial charge is 0.394 e. The van der Waals surface area contributed by atoms with Gasteiger partial charge in [-0.15, -0.1) is 0 Å². The van der Waals surface area contributed by atoms with Crippen LogP contribution >= 0.6 is 0 Å². The van der Waals surface area contributed by atoms with E-state index >= 15 is 0 Å². The zero-order chi connectivity index (χ0) is 23.8. The number of aliphatic hydroxyl groups is 2. The zero-order valence-corrected chi connectivity index (χ0v) is 22.4. The van der Waals surface area contributed by atoms with Crippen molar-refractivity contribution in [2.24, 2.45) is 52.3 Å². The van der Waals surface area contributed by atoms with Crippen LogP contribution in [0.1, 0.15) is 112 Å². The molecule has 0 amide bonds. The van der Waals surface area contributed by atoms with E-state index in [1.807, 2.05) is 0 Å². The van der Waals surface area contributed by atoms with E-state index in [4.69, 9.17) is 9.84 Å². The second kappa shape index (κ2) is 10.5. The molecule has 4 aliphatic rings. The maximum atomic E-state index is 9.69. The lowest BCUT2D eigenvalue weighted by Crippen LogP contribution is -2.54. The molecule has 1 unspecified atom stereocenters. The van der Waals surface area contributed by atoms with E-state index < -0.39 is 6.10 Å². The highest BCUT2D eigenvalue weighted by Gasteiger charge is 2.60. The van der Waals surface area contributed by atoms with Crippen molar-refractivity contribution in [2.45, 2.75) is 124 Å². The lowest BCUT2D eigenvalue weighted by molar-refractivity contribution is -0.141. The Kier molecular flexibility index (Phi) is 8.24. The summed E-state index contributed by atoms with van der Waals surface area (Å²) in [6, 6.07) is 0. The first-order valence-electron chi connectivity index (χ1n) is 14.6. The van der Waals surface area contributed by atoms with Crippen LogP contribution in [0.25, 0.3) is 0 Å². The van der Waals surface area contributed by atoms with Crippen LogP contribution in [-0.2, 0) is 4.74 Å². The number of rotatable bonds is 9. The van der Waals surface area contributed by atoms with Gasteiger partial charge in [0.25, 0.3) is 0 Å². The summed E-state index contributed by atoms with van der Waals surface area (Å²) in [5.41, 5.74) is 1.07. The van der Waals surface area contributed by atoms with E-state index in [0.717, 1.165) is 54.3 Å². The Labute approximate surface area is 204 Å². The van der Waals surface area contributed by atoms with Crippen LogP contribution < -0.4 is 0 Å². The minimum absolute atomic E-state index is 0.199. The molecule has 0 aliphatic heterocycles. The van der Waals surface area contributed by atoms with Crippen molar-refractivity contribution in [3.8, 4) is 0 Å². The fourth-order valence-corrected chi connectivity index (χ4v) is 9.69. The molecule has 0 aromatic carbocycles. The van der Waals surface area contributed by atoms with Crippen molar-refractivity contribution in [1.29, 1.82) is 0 Å². The minimum Gasteiger partial charge on any atom is -0.394 e. The summed E-state index contributed by atoms with van der Waals surface area (Å²) in [5, 5.41) is 18.8. The molecule has 2 N–H and O–H groups in total. The summed E-state index contributed by atoms with van der Waals surface area (Å²) in [6.07, 6.45) is 16.1. The molecule has 4 saturated carbocycles.